The maximum atomic E-state index is 9.40. The van der Waals surface area contributed by atoms with E-state index >= 15 is 0 Å². The molecule has 0 aliphatic rings. The summed E-state index contributed by atoms with van der Waals surface area (Å²) >= 11 is 0. The van der Waals surface area contributed by atoms with Crippen molar-refractivity contribution in [3.05, 3.63) is 17.5 Å². The van der Waals surface area contributed by atoms with E-state index < -0.39 is 0 Å². The number of aliphatic hydroxyl groups is 1. The van der Waals surface area contributed by atoms with Gasteiger partial charge >= 0.3 is 0 Å². The van der Waals surface area contributed by atoms with Gasteiger partial charge in [0.25, 0.3) is 0 Å². The number of hydrogen-bond donors (Lipinski definition) is 2. The highest BCUT2D eigenvalue weighted by Crippen LogP contribution is 2.13. The molecule has 0 unspecified atom stereocenters. The minimum atomic E-state index is 0.196. The van der Waals surface area contributed by atoms with Crippen molar-refractivity contribution in [2.45, 2.75) is 46.7 Å². The smallest absolute Gasteiger partial charge is 0.0628 e. The van der Waals surface area contributed by atoms with E-state index in [4.69, 9.17) is 0 Å². The number of nitrogens with zero attached hydrogens (tertiary/aromatic N) is 2. The van der Waals surface area contributed by atoms with Crippen LogP contribution in [-0.4, -0.2) is 39.9 Å². The Bertz CT molecular complexity index is 347. The topological polar surface area (TPSA) is 52.1 Å². The first-order valence-electron chi connectivity index (χ1n) is 6.78. The SMILES string of the molecule is CC(C)Cc1cc(CN(C)[C@@H](CO)C(C)C)[nH]n1. The lowest BCUT2D eigenvalue weighted by Crippen LogP contribution is -2.38. The molecule has 0 aromatic carbocycles. The molecule has 0 fully saturated rings. The van der Waals surface area contributed by atoms with E-state index in [0.29, 0.717) is 11.8 Å². The van der Waals surface area contributed by atoms with Crippen molar-refractivity contribution in [3.8, 4) is 0 Å². The number of aromatic amines is 1. The first-order chi connectivity index (χ1) is 8.43. The second kappa shape index (κ2) is 6.90. The number of likely N-dealkylation sites (N-methyl/N-ethyl adjacent to an activating group) is 1. The predicted octanol–water partition coefficient (Wildman–Crippen LogP) is 2.06. The summed E-state index contributed by atoms with van der Waals surface area (Å²) in [5, 5.41) is 16.8. The van der Waals surface area contributed by atoms with Gasteiger partial charge in [-0.25, -0.2) is 0 Å². The molecule has 4 heteroatoms. The van der Waals surface area contributed by atoms with Gasteiger partial charge in [-0.2, -0.15) is 5.10 Å². The van der Waals surface area contributed by atoms with E-state index in [-0.39, 0.29) is 12.6 Å². The molecule has 0 radical (unpaired) electrons. The normalized spacial score (nSPS) is 13.8. The van der Waals surface area contributed by atoms with Crippen molar-refractivity contribution >= 4 is 0 Å². The molecular weight excluding hydrogens is 226 g/mol. The third kappa shape index (κ3) is 4.42. The molecule has 1 aromatic rings. The van der Waals surface area contributed by atoms with Crippen LogP contribution in [0.3, 0.4) is 0 Å². The van der Waals surface area contributed by atoms with Crippen molar-refractivity contribution < 1.29 is 5.11 Å². The Morgan fingerprint density at radius 3 is 2.50 bits per heavy atom. The molecule has 1 rings (SSSR count). The number of rotatable bonds is 7. The summed E-state index contributed by atoms with van der Waals surface area (Å²) < 4.78 is 0. The largest absolute Gasteiger partial charge is 0.395 e. The first-order valence-corrected chi connectivity index (χ1v) is 6.78. The number of aromatic nitrogens is 2. The van der Waals surface area contributed by atoms with Gasteiger partial charge in [0, 0.05) is 18.3 Å². The highest BCUT2D eigenvalue weighted by molar-refractivity contribution is 5.09. The van der Waals surface area contributed by atoms with Crippen LogP contribution in [0.2, 0.25) is 0 Å². The fourth-order valence-corrected chi connectivity index (χ4v) is 2.26. The minimum Gasteiger partial charge on any atom is -0.395 e. The second-order valence-electron chi connectivity index (χ2n) is 5.89. The highest BCUT2D eigenvalue weighted by atomic mass is 16.3. The molecule has 104 valence electrons. The molecule has 0 saturated heterocycles. The lowest BCUT2D eigenvalue weighted by molar-refractivity contribution is 0.107. The molecule has 18 heavy (non-hydrogen) atoms. The third-order valence-electron chi connectivity index (χ3n) is 3.24. The van der Waals surface area contributed by atoms with Gasteiger partial charge in [0.05, 0.1) is 12.3 Å². The fraction of sp³-hybridized carbons (Fsp3) is 0.786. The van der Waals surface area contributed by atoms with Gasteiger partial charge in [0.2, 0.25) is 0 Å². The first kappa shape index (κ1) is 15.2. The van der Waals surface area contributed by atoms with E-state index in [1.807, 2.05) is 7.05 Å². The van der Waals surface area contributed by atoms with Crippen molar-refractivity contribution in [2.24, 2.45) is 11.8 Å². The molecule has 0 aliphatic heterocycles. The van der Waals surface area contributed by atoms with Crippen LogP contribution in [0.25, 0.3) is 0 Å². The summed E-state index contributed by atoms with van der Waals surface area (Å²) in [5.74, 6) is 1.07. The molecule has 0 amide bonds. The summed E-state index contributed by atoms with van der Waals surface area (Å²) in [7, 11) is 2.05. The van der Waals surface area contributed by atoms with Crippen molar-refractivity contribution in [1.29, 1.82) is 0 Å². The van der Waals surface area contributed by atoms with Crippen molar-refractivity contribution in [3.63, 3.8) is 0 Å². The quantitative estimate of drug-likeness (QED) is 0.782. The zero-order valence-electron chi connectivity index (χ0n) is 12.3. The van der Waals surface area contributed by atoms with Gasteiger partial charge in [-0.05, 0) is 31.4 Å². The number of nitrogens with one attached hydrogen (secondary N) is 1. The van der Waals surface area contributed by atoms with Gasteiger partial charge in [-0.1, -0.05) is 27.7 Å². The Morgan fingerprint density at radius 1 is 1.33 bits per heavy atom. The van der Waals surface area contributed by atoms with Crippen LogP contribution in [0.4, 0.5) is 0 Å². The Labute approximate surface area is 110 Å². The predicted molar refractivity (Wildman–Crippen MR) is 74.3 cm³/mol. The van der Waals surface area contributed by atoms with Gasteiger partial charge < -0.3 is 5.11 Å². The molecule has 4 nitrogen and oxygen atoms in total. The van der Waals surface area contributed by atoms with Gasteiger partial charge in [0.1, 0.15) is 0 Å². The standard InChI is InChI=1S/C14H27N3O/c1-10(2)6-12-7-13(16-15-12)8-17(5)14(9-18)11(3)4/h7,10-11,14,18H,6,8-9H2,1-5H3,(H,15,16)/t14-/m0/s1. The maximum Gasteiger partial charge on any atom is 0.0628 e. The van der Waals surface area contributed by atoms with Crippen LogP contribution in [-0.2, 0) is 13.0 Å². The lowest BCUT2D eigenvalue weighted by atomic mass is 10.0. The Balaban J connectivity index is 2.58. The summed E-state index contributed by atoms with van der Waals surface area (Å²) in [6, 6.07) is 2.33. The molecule has 0 bridgehead atoms. The number of H-pyrrole nitrogens is 1. The molecule has 0 aliphatic carbocycles. The highest BCUT2D eigenvalue weighted by Gasteiger charge is 2.18. The fourth-order valence-electron chi connectivity index (χ4n) is 2.26. The molecule has 0 saturated carbocycles. The van der Waals surface area contributed by atoms with Crippen LogP contribution in [0, 0.1) is 11.8 Å². The monoisotopic (exact) mass is 253 g/mol. The van der Waals surface area contributed by atoms with E-state index in [0.717, 1.165) is 24.4 Å². The maximum absolute atomic E-state index is 9.40. The van der Waals surface area contributed by atoms with Crippen LogP contribution >= 0.6 is 0 Å². The average molecular weight is 253 g/mol. The van der Waals surface area contributed by atoms with Crippen LogP contribution < -0.4 is 0 Å². The van der Waals surface area contributed by atoms with Gasteiger partial charge in [0.15, 0.2) is 0 Å². The van der Waals surface area contributed by atoms with Crippen LogP contribution in [0.15, 0.2) is 6.07 Å². The number of hydrogen-bond acceptors (Lipinski definition) is 3. The molecule has 0 spiro atoms. The molecule has 1 aromatic heterocycles. The van der Waals surface area contributed by atoms with Crippen LogP contribution in [0.1, 0.15) is 39.1 Å². The van der Waals surface area contributed by atoms with E-state index in [9.17, 15) is 5.11 Å². The zero-order chi connectivity index (χ0) is 13.7. The molecule has 2 N–H and O–H groups in total. The van der Waals surface area contributed by atoms with Gasteiger partial charge in [-0.3, -0.25) is 10.00 Å². The molecule has 1 heterocycles. The summed E-state index contributed by atoms with van der Waals surface area (Å²) in [4.78, 5) is 2.18. The third-order valence-corrected chi connectivity index (χ3v) is 3.24. The van der Waals surface area contributed by atoms with E-state index in [2.05, 4.69) is 48.9 Å². The lowest BCUT2D eigenvalue weighted by Gasteiger charge is -2.28. The molecule has 1 atom stereocenters. The van der Waals surface area contributed by atoms with E-state index in [1.165, 1.54) is 0 Å². The van der Waals surface area contributed by atoms with Crippen molar-refractivity contribution in [1.82, 2.24) is 15.1 Å². The Hall–Kier alpha value is -0.870. The minimum absolute atomic E-state index is 0.196. The Kier molecular flexibility index (Phi) is 5.82. The van der Waals surface area contributed by atoms with Crippen molar-refractivity contribution in [2.75, 3.05) is 13.7 Å². The second-order valence-corrected chi connectivity index (χ2v) is 5.89. The van der Waals surface area contributed by atoms with E-state index in [1.54, 1.807) is 0 Å². The molecular formula is C14H27N3O. The average Bonchev–Trinajstić information content (AvgIpc) is 2.64. The van der Waals surface area contributed by atoms with Crippen LogP contribution in [0.5, 0.6) is 0 Å². The summed E-state index contributed by atoms with van der Waals surface area (Å²) in [6.07, 6.45) is 1.01. The zero-order valence-corrected chi connectivity index (χ0v) is 12.3. The number of aliphatic hydroxyl groups excluding tert-OH is 1. The van der Waals surface area contributed by atoms with Gasteiger partial charge in [-0.15, -0.1) is 0 Å². The Morgan fingerprint density at radius 2 is 2.00 bits per heavy atom. The summed E-state index contributed by atoms with van der Waals surface area (Å²) in [5.41, 5.74) is 2.24. The summed E-state index contributed by atoms with van der Waals surface area (Å²) in [6.45, 7) is 9.65.